The lowest BCUT2D eigenvalue weighted by Crippen LogP contribution is -2.43. The number of fused-ring (bicyclic) bond motifs is 1. The maximum absolute atomic E-state index is 13.4. The molecule has 1 aliphatic carbocycles. The highest BCUT2D eigenvalue weighted by Crippen LogP contribution is 2.39. The first-order chi connectivity index (χ1) is 19.4. The summed E-state index contributed by atoms with van der Waals surface area (Å²) in [6.45, 7) is 7.30. The molecule has 1 unspecified atom stereocenters. The number of rotatable bonds is 8. The number of benzene rings is 1. The Hall–Kier alpha value is -3.40. The van der Waals surface area contributed by atoms with E-state index in [9.17, 15) is 9.59 Å². The fraction of sp³-hybridized carbons (Fsp3) is 0.600. The number of methoxy groups -OCH3 is 1. The molecular weight excluding hydrogens is 506 g/mol. The van der Waals surface area contributed by atoms with E-state index in [0.29, 0.717) is 42.1 Å². The average molecular weight is 550 g/mol. The highest BCUT2D eigenvalue weighted by Gasteiger charge is 2.37. The number of likely N-dealkylation sites (tertiary alicyclic amines) is 1. The summed E-state index contributed by atoms with van der Waals surface area (Å²) in [5.74, 6) is 1.76. The van der Waals surface area contributed by atoms with Gasteiger partial charge in [-0.05, 0) is 77.4 Å². The van der Waals surface area contributed by atoms with Gasteiger partial charge in [-0.1, -0.05) is 19.8 Å². The molecule has 1 saturated heterocycles. The zero-order chi connectivity index (χ0) is 28.2. The Bertz CT molecular complexity index is 1210. The van der Waals surface area contributed by atoms with Gasteiger partial charge in [0.05, 0.1) is 24.9 Å². The van der Waals surface area contributed by atoms with Gasteiger partial charge in [-0.15, -0.1) is 0 Å². The van der Waals surface area contributed by atoms with E-state index in [-0.39, 0.29) is 23.8 Å². The van der Waals surface area contributed by atoms with Gasteiger partial charge >= 0.3 is 0 Å². The molecule has 2 fully saturated rings. The number of carbonyl (C=O) groups is 2. The summed E-state index contributed by atoms with van der Waals surface area (Å²) in [6, 6.07) is 5.94. The van der Waals surface area contributed by atoms with Crippen LogP contribution >= 0.6 is 0 Å². The van der Waals surface area contributed by atoms with E-state index < -0.39 is 0 Å². The van der Waals surface area contributed by atoms with Crippen LogP contribution in [-0.4, -0.2) is 79.1 Å². The molecule has 2 aliphatic heterocycles. The quantitative estimate of drug-likeness (QED) is 0.505. The third-order valence-electron chi connectivity index (χ3n) is 8.68. The molecule has 2 N–H and O–H groups in total. The molecule has 1 aromatic carbocycles. The monoisotopic (exact) mass is 549 g/mol. The molecule has 3 heterocycles. The first kappa shape index (κ1) is 28.1. The number of nitrogens with zero attached hydrogens (tertiary/aromatic N) is 5. The van der Waals surface area contributed by atoms with Crippen LogP contribution in [0.3, 0.4) is 0 Å². The fourth-order valence-electron chi connectivity index (χ4n) is 6.22. The number of hydrogen-bond acceptors (Lipinski definition) is 8. The summed E-state index contributed by atoms with van der Waals surface area (Å²) in [7, 11) is 3.70. The van der Waals surface area contributed by atoms with E-state index in [2.05, 4.69) is 39.4 Å². The third kappa shape index (κ3) is 5.87. The second kappa shape index (κ2) is 12.4. The second-order valence-corrected chi connectivity index (χ2v) is 11.3. The highest BCUT2D eigenvalue weighted by molar-refractivity contribution is 5.99. The van der Waals surface area contributed by atoms with Crippen molar-refractivity contribution >= 4 is 35.0 Å². The zero-order valence-electron chi connectivity index (χ0n) is 24.3. The molecule has 5 rings (SSSR count). The van der Waals surface area contributed by atoms with Gasteiger partial charge < -0.3 is 30.1 Å². The molecule has 40 heavy (non-hydrogen) atoms. The van der Waals surface area contributed by atoms with Crippen LogP contribution in [0.4, 0.5) is 23.1 Å². The molecule has 1 saturated carbocycles. The van der Waals surface area contributed by atoms with Gasteiger partial charge in [0.15, 0.2) is 5.82 Å². The van der Waals surface area contributed by atoms with Crippen molar-refractivity contribution < 1.29 is 14.3 Å². The van der Waals surface area contributed by atoms with Crippen LogP contribution in [0.1, 0.15) is 69.2 Å². The SMILES string of the molecule is CCC1CN(C2CCCC2)c2nc(Nc3ccc(C(=O)NC4CCN(C)CC4)cc3OC)ncc2N(CC)C1=O. The molecule has 10 nitrogen and oxygen atoms in total. The van der Waals surface area contributed by atoms with Gasteiger partial charge in [0.2, 0.25) is 11.9 Å². The van der Waals surface area contributed by atoms with Crippen LogP contribution in [-0.2, 0) is 4.79 Å². The van der Waals surface area contributed by atoms with Crippen LogP contribution in [0.5, 0.6) is 5.75 Å². The number of aromatic nitrogens is 2. The molecule has 2 aromatic rings. The van der Waals surface area contributed by atoms with Crippen molar-refractivity contribution in [2.75, 3.05) is 55.5 Å². The Morgan fingerprint density at radius 2 is 1.88 bits per heavy atom. The van der Waals surface area contributed by atoms with Crippen molar-refractivity contribution in [3.05, 3.63) is 30.0 Å². The number of nitrogens with one attached hydrogen (secondary N) is 2. The van der Waals surface area contributed by atoms with E-state index in [0.717, 1.165) is 56.7 Å². The summed E-state index contributed by atoms with van der Waals surface area (Å²) in [5, 5.41) is 6.48. The van der Waals surface area contributed by atoms with Gasteiger partial charge in [-0.25, -0.2) is 4.98 Å². The number of amides is 2. The summed E-state index contributed by atoms with van der Waals surface area (Å²) in [5.41, 5.74) is 2.00. The zero-order valence-corrected chi connectivity index (χ0v) is 24.3. The fourth-order valence-corrected chi connectivity index (χ4v) is 6.22. The normalized spacial score (nSPS) is 20.8. The average Bonchev–Trinajstić information content (AvgIpc) is 3.47. The Morgan fingerprint density at radius 1 is 1.12 bits per heavy atom. The smallest absolute Gasteiger partial charge is 0.251 e. The topological polar surface area (TPSA) is 103 Å². The Balaban J connectivity index is 1.40. The van der Waals surface area contributed by atoms with Crippen molar-refractivity contribution in [2.24, 2.45) is 5.92 Å². The first-order valence-electron chi connectivity index (χ1n) is 14.8. The minimum Gasteiger partial charge on any atom is -0.495 e. The first-order valence-corrected chi connectivity index (χ1v) is 14.8. The Morgan fingerprint density at radius 3 is 2.55 bits per heavy atom. The summed E-state index contributed by atoms with van der Waals surface area (Å²) >= 11 is 0. The molecule has 2 amide bonds. The van der Waals surface area contributed by atoms with Gasteiger partial charge in [-0.3, -0.25) is 9.59 Å². The van der Waals surface area contributed by atoms with Gasteiger partial charge in [0.25, 0.3) is 5.91 Å². The molecule has 3 aliphatic rings. The predicted octanol–water partition coefficient (Wildman–Crippen LogP) is 4.19. The Kier molecular flexibility index (Phi) is 8.73. The summed E-state index contributed by atoms with van der Waals surface area (Å²) < 4.78 is 5.66. The molecule has 10 heteroatoms. The summed E-state index contributed by atoms with van der Waals surface area (Å²) in [6.07, 6.45) is 9.07. The Labute approximate surface area is 237 Å². The molecular formula is C30H43N7O3. The van der Waals surface area contributed by atoms with Crippen LogP contribution in [0.25, 0.3) is 0 Å². The van der Waals surface area contributed by atoms with Crippen LogP contribution in [0, 0.1) is 5.92 Å². The minimum absolute atomic E-state index is 0.0699. The predicted molar refractivity (Wildman–Crippen MR) is 158 cm³/mol. The van der Waals surface area contributed by atoms with Gasteiger partial charge in [-0.2, -0.15) is 4.98 Å². The molecule has 1 aromatic heterocycles. The van der Waals surface area contributed by atoms with Crippen LogP contribution in [0.15, 0.2) is 24.4 Å². The van der Waals surface area contributed by atoms with E-state index in [1.165, 1.54) is 12.8 Å². The minimum atomic E-state index is -0.0947. The van der Waals surface area contributed by atoms with Gasteiger partial charge in [0, 0.05) is 30.7 Å². The standard InChI is InChI=1S/C30H43N7O3/c1-5-20-19-37(23-9-7-8-10-23)27-25(36(6-2)29(20)39)18-31-30(34-27)33-24-12-11-21(17-26(24)40-4)28(38)32-22-13-15-35(3)16-14-22/h11-12,17-18,20,22-23H,5-10,13-16,19H2,1-4H3,(H,32,38)(H,31,33,34). The van der Waals surface area contributed by atoms with Crippen molar-refractivity contribution in [3.63, 3.8) is 0 Å². The lowest BCUT2D eigenvalue weighted by atomic mass is 10.0. The van der Waals surface area contributed by atoms with Crippen molar-refractivity contribution in [3.8, 4) is 5.75 Å². The van der Waals surface area contributed by atoms with Crippen molar-refractivity contribution in [1.82, 2.24) is 20.2 Å². The third-order valence-corrected chi connectivity index (χ3v) is 8.68. The molecule has 1 atom stereocenters. The largest absolute Gasteiger partial charge is 0.495 e. The second-order valence-electron chi connectivity index (χ2n) is 11.3. The number of piperidine rings is 1. The maximum Gasteiger partial charge on any atom is 0.251 e. The van der Waals surface area contributed by atoms with Gasteiger partial charge in [0.1, 0.15) is 11.4 Å². The van der Waals surface area contributed by atoms with Crippen molar-refractivity contribution in [1.29, 1.82) is 0 Å². The molecule has 0 spiro atoms. The summed E-state index contributed by atoms with van der Waals surface area (Å²) in [4.78, 5) is 42.4. The number of ether oxygens (including phenoxy) is 1. The van der Waals surface area contributed by atoms with E-state index >= 15 is 0 Å². The number of anilines is 4. The van der Waals surface area contributed by atoms with Crippen LogP contribution in [0.2, 0.25) is 0 Å². The lowest BCUT2D eigenvalue weighted by Gasteiger charge is -2.31. The maximum atomic E-state index is 13.4. The van der Waals surface area contributed by atoms with E-state index in [1.54, 1.807) is 25.4 Å². The molecule has 0 bridgehead atoms. The number of carbonyl (C=O) groups excluding carboxylic acids is 2. The molecule has 0 radical (unpaired) electrons. The number of hydrogen-bond donors (Lipinski definition) is 2. The lowest BCUT2D eigenvalue weighted by molar-refractivity contribution is -0.122. The molecule has 216 valence electrons. The van der Waals surface area contributed by atoms with E-state index in [4.69, 9.17) is 9.72 Å². The highest BCUT2D eigenvalue weighted by atomic mass is 16.5. The van der Waals surface area contributed by atoms with Crippen molar-refractivity contribution in [2.45, 2.75) is 70.9 Å². The van der Waals surface area contributed by atoms with E-state index in [1.807, 2.05) is 17.9 Å². The van der Waals surface area contributed by atoms with Crippen LogP contribution < -0.4 is 25.2 Å².